The second-order valence-electron chi connectivity index (χ2n) is 5.59. The fourth-order valence-corrected chi connectivity index (χ4v) is 2.74. The number of hydrogen-bond donors (Lipinski definition) is 1. The summed E-state index contributed by atoms with van der Waals surface area (Å²) in [6, 6.07) is 10.6. The minimum Gasteiger partial charge on any atom is -0.496 e. The van der Waals surface area contributed by atoms with Gasteiger partial charge in [0.2, 0.25) is 0 Å². The standard InChI is InChI=1S/C19H21BrN2O4/c1-12(2)26-16-8-6-5-7-14(16)19(23)22-21-11-13-9-15(20)18(25-4)10-17(13)24-3/h5-12H,1-4H3,(H,22,23)/b21-11-. The predicted octanol–water partition coefficient (Wildman–Crippen LogP) is 4.02. The minimum absolute atomic E-state index is 0.0339. The highest BCUT2D eigenvalue weighted by Crippen LogP contribution is 2.31. The number of para-hydroxylation sites is 1. The lowest BCUT2D eigenvalue weighted by Gasteiger charge is -2.13. The summed E-state index contributed by atoms with van der Waals surface area (Å²) in [5.74, 6) is 1.37. The number of ether oxygens (including phenoxy) is 3. The summed E-state index contributed by atoms with van der Waals surface area (Å²) in [5, 5.41) is 4.02. The molecule has 1 amide bonds. The highest BCUT2D eigenvalue weighted by molar-refractivity contribution is 9.10. The molecule has 0 aliphatic carbocycles. The maximum atomic E-state index is 12.4. The Labute approximate surface area is 161 Å². The Hall–Kier alpha value is -2.54. The van der Waals surface area contributed by atoms with Gasteiger partial charge in [-0.3, -0.25) is 4.79 Å². The van der Waals surface area contributed by atoms with Crippen LogP contribution in [0.15, 0.2) is 46.0 Å². The van der Waals surface area contributed by atoms with Crippen LogP contribution in [0.4, 0.5) is 0 Å². The molecule has 0 heterocycles. The SMILES string of the molecule is COc1cc(OC)c(/C=N\NC(=O)c2ccccc2OC(C)C)cc1Br. The fourth-order valence-electron chi connectivity index (χ4n) is 2.22. The quantitative estimate of drug-likeness (QED) is 0.542. The van der Waals surface area contributed by atoms with Crippen LogP contribution in [-0.4, -0.2) is 32.4 Å². The van der Waals surface area contributed by atoms with Gasteiger partial charge in [0.05, 0.1) is 36.6 Å². The van der Waals surface area contributed by atoms with Gasteiger partial charge < -0.3 is 14.2 Å². The number of nitrogens with zero attached hydrogens (tertiary/aromatic N) is 1. The molecule has 0 unspecified atom stereocenters. The smallest absolute Gasteiger partial charge is 0.275 e. The van der Waals surface area contributed by atoms with Crippen LogP contribution in [0.1, 0.15) is 29.8 Å². The summed E-state index contributed by atoms with van der Waals surface area (Å²) < 4.78 is 17.0. The zero-order valence-corrected chi connectivity index (χ0v) is 16.7. The largest absolute Gasteiger partial charge is 0.496 e. The molecular formula is C19H21BrN2O4. The molecule has 138 valence electrons. The number of hydrogen-bond acceptors (Lipinski definition) is 5. The average molecular weight is 421 g/mol. The van der Waals surface area contributed by atoms with Crippen LogP contribution in [0, 0.1) is 0 Å². The Bertz CT molecular complexity index is 806. The number of amides is 1. The molecule has 26 heavy (non-hydrogen) atoms. The first-order valence-electron chi connectivity index (χ1n) is 7.96. The molecule has 0 spiro atoms. The van der Waals surface area contributed by atoms with Crippen molar-refractivity contribution in [2.45, 2.75) is 20.0 Å². The van der Waals surface area contributed by atoms with Crippen LogP contribution in [0.3, 0.4) is 0 Å². The van der Waals surface area contributed by atoms with Gasteiger partial charge in [0.15, 0.2) is 0 Å². The highest BCUT2D eigenvalue weighted by atomic mass is 79.9. The summed E-state index contributed by atoms with van der Waals surface area (Å²) in [4.78, 5) is 12.4. The van der Waals surface area contributed by atoms with Gasteiger partial charge in [-0.1, -0.05) is 12.1 Å². The van der Waals surface area contributed by atoms with Gasteiger partial charge in [-0.05, 0) is 48.0 Å². The van der Waals surface area contributed by atoms with E-state index in [1.807, 2.05) is 19.9 Å². The number of carbonyl (C=O) groups is 1. The van der Waals surface area contributed by atoms with Crippen LogP contribution in [-0.2, 0) is 0 Å². The van der Waals surface area contributed by atoms with Crippen molar-refractivity contribution >= 4 is 28.1 Å². The molecule has 1 N–H and O–H groups in total. The van der Waals surface area contributed by atoms with Gasteiger partial charge >= 0.3 is 0 Å². The van der Waals surface area contributed by atoms with Crippen molar-refractivity contribution in [1.29, 1.82) is 0 Å². The molecule has 0 fully saturated rings. The molecule has 0 aliphatic rings. The van der Waals surface area contributed by atoms with Crippen molar-refractivity contribution in [3.63, 3.8) is 0 Å². The number of rotatable bonds is 7. The van der Waals surface area contributed by atoms with Gasteiger partial charge in [0.25, 0.3) is 5.91 Å². The maximum Gasteiger partial charge on any atom is 0.275 e. The molecule has 0 atom stereocenters. The van der Waals surface area contributed by atoms with Crippen LogP contribution >= 0.6 is 15.9 Å². The normalized spacial score (nSPS) is 10.8. The van der Waals surface area contributed by atoms with Gasteiger partial charge in [-0.25, -0.2) is 5.43 Å². The average Bonchev–Trinajstić information content (AvgIpc) is 2.61. The highest BCUT2D eigenvalue weighted by Gasteiger charge is 2.13. The third kappa shape index (κ3) is 4.98. The zero-order chi connectivity index (χ0) is 19.1. The van der Waals surface area contributed by atoms with Crippen LogP contribution in [0.25, 0.3) is 0 Å². The molecule has 0 saturated heterocycles. The first kappa shape index (κ1) is 19.8. The van der Waals surface area contributed by atoms with E-state index in [1.165, 1.54) is 6.21 Å². The number of benzene rings is 2. The van der Waals surface area contributed by atoms with Crippen LogP contribution in [0.2, 0.25) is 0 Å². The fraction of sp³-hybridized carbons (Fsp3) is 0.263. The lowest BCUT2D eigenvalue weighted by Crippen LogP contribution is -2.19. The lowest BCUT2D eigenvalue weighted by molar-refractivity contribution is 0.0949. The molecule has 0 radical (unpaired) electrons. The van der Waals surface area contributed by atoms with Gasteiger partial charge in [0, 0.05) is 11.6 Å². The summed E-state index contributed by atoms with van der Waals surface area (Å²) in [6.07, 6.45) is 1.47. The van der Waals surface area contributed by atoms with E-state index >= 15 is 0 Å². The predicted molar refractivity (Wildman–Crippen MR) is 105 cm³/mol. The maximum absolute atomic E-state index is 12.4. The van der Waals surface area contributed by atoms with Crippen molar-refractivity contribution in [2.75, 3.05) is 14.2 Å². The molecule has 6 nitrogen and oxygen atoms in total. The molecule has 0 bridgehead atoms. The Kier molecular flexibility index (Phi) is 7.03. The number of nitrogens with one attached hydrogen (secondary N) is 1. The second kappa shape index (κ2) is 9.24. The first-order chi connectivity index (χ1) is 12.5. The van der Waals surface area contributed by atoms with Crippen molar-refractivity contribution in [1.82, 2.24) is 5.43 Å². The third-order valence-electron chi connectivity index (χ3n) is 3.37. The lowest BCUT2D eigenvalue weighted by atomic mass is 10.2. The monoisotopic (exact) mass is 420 g/mol. The van der Waals surface area contributed by atoms with E-state index in [4.69, 9.17) is 14.2 Å². The summed E-state index contributed by atoms with van der Waals surface area (Å²) in [6.45, 7) is 3.81. The zero-order valence-electron chi connectivity index (χ0n) is 15.1. The Morgan fingerprint density at radius 3 is 2.46 bits per heavy atom. The number of halogens is 1. The molecule has 7 heteroatoms. The second-order valence-corrected chi connectivity index (χ2v) is 6.44. The first-order valence-corrected chi connectivity index (χ1v) is 8.76. The summed E-state index contributed by atoms with van der Waals surface area (Å²) >= 11 is 3.41. The van der Waals surface area contributed by atoms with Crippen molar-refractivity contribution in [3.05, 3.63) is 52.0 Å². The molecule has 0 saturated carbocycles. The van der Waals surface area contributed by atoms with Gasteiger partial charge in [0.1, 0.15) is 17.2 Å². The van der Waals surface area contributed by atoms with E-state index in [2.05, 4.69) is 26.5 Å². The van der Waals surface area contributed by atoms with E-state index in [9.17, 15) is 4.79 Å². The van der Waals surface area contributed by atoms with E-state index in [0.717, 1.165) is 4.47 Å². The third-order valence-corrected chi connectivity index (χ3v) is 3.99. The topological polar surface area (TPSA) is 69.2 Å². The molecule has 0 aromatic heterocycles. The van der Waals surface area contributed by atoms with Crippen molar-refractivity contribution < 1.29 is 19.0 Å². The molecule has 2 aromatic rings. The minimum atomic E-state index is -0.357. The molecular weight excluding hydrogens is 400 g/mol. The van der Waals surface area contributed by atoms with E-state index in [0.29, 0.717) is 28.4 Å². The molecule has 2 aromatic carbocycles. The number of carbonyl (C=O) groups excluding carboxylic acids is 1. The van der Waals surface area contributed by atoms with Crippen LogP contribution < -0.4 is 19.6 Å². The Morgan fingerprint density at radius 2 is 1.81 bits per heavy atom. The molecule has 0 aliphatic heterocycles. The van der Waals surface area contributed by atoms with Gasteiger partial charge in [-0.15, -0.1) is 0 Å². The van der Waals surface area contributed by atoms with Crippen molar-refractivity contribution in [3.8, 4) is 17.2 Å². The number of hydrazone groups is 1. The van der Waals surface area contributed by atoms with Crippen LogP contribution in [0.5, 0.6) is 17.2 Å². The number of methoxy groups -OCH3 is 2. The Morgan fingerprint density at radius 1 is 1.12 bits per heavy atom. The van der Waals surface area contributed by atoms with Crippen molar-refractivity contribution in [2.24, 2.45) is 5.10 Å². The Balaban J connectivity index is 2.16. The van der Waals surface area contributed by atoms with E-state index in [-0.39, 0.29) is 12.0 Å². The van der Waals surface area contributed by atoms with Gasteiger partial charge in [-0.2, -0.15) is 5.10 Å². The van der Waals surface area contributed by atoms with E-state index < -0.39 is 0 Å². The molecule has 2 rings (SSSR count). The summed E-state index contributed by atoms with van der Waals surface area (Å²) in [7, 11) is 3.13. The summed E-state index contributed by atoms with van der Waals surface area (Å²) in [5.41, 5.74) is 3.61. The van der Waals surface area contributed by atoms with E-state index in [1.54, 1.807) is 44.6 Å².